The van der Waals surface area contributed by atoms with Crippen molar-refractivity contribution in [2.75, 3.05) is 29.5 Å². The maximum atomic E-state index is 6.00. The standard InChI is InChI=1S/C11H12ClN3S2/c1-7-6-8-9(17-7)10(14-11(12)13-8)15-2-4-16-5-3-15/h6H,2-5H2,1H3. The third kappa shape index (κ3) is 2.23. The van der Waals surface area contributed by atoms with Crippen molar-refractivity contribution >= 4 is 50.7 Å². The van der Waals surface area contributed by atoms with Gasteiger partial charge in [0.1, 0.15) is 0 Å². The van der Waals surface area contributed by atoms with Gasteiger partial charge in [0.05, 0.1) is 10.2 Å². The van der Waals surface area contributed by atoms with Gasteiger partial charge in [-0.05, 0) is 24.6 Å². The summed E-state index contributed by atoms with van der Waals surface area (Å²) in [4.78, 5) is 12.3. The van der Waals surface area contributed by atoms with Crippen molar-refractivity contribution in [3.05, 3.63) is 16.2 Å². The van der Waals surface area contributed by atoms with Crippen LogP contribution in [-0.4, -0.2) is 34.6 Å². The molecular weight excluding hydrogens is 274 g/mol. The van der Waals surface area contributed by atoms with Gasteiger partial charge < -0.3 is 4.90 Å². The molecule has 0 spiro atoms. The van der Waals surface area contributed by atoms with Crippen LogP contribution in [0.2, 0.25) is 5.28 Å². The molecule has 2 aromatic heterocycles. The van der Waals surface area contributed by atoms with Gasteiger partial charge in [0.15, 0.2) is 5.82 Å². The van der Waals surface area contributed by atoms with E-state index in [1.807, 2.05) is 11.8 Å². The zero-order chi connectivity index (χ0) is 11.8. The minimum Gasteiger partial charge on any atom is -0.354 e. The lowest BCUT2D eigenvalue weighted by Gasteiger charge is -2.27. The second-order valence-electron chi connectivity index (χ2n) is 3.99. The lowest BCUT2D eigenvalue weighted by Crippen LogP contribution is -2.33. The lowest BCUT2D eigenvalue weighted by atomic mass is 10.4. The predicted octanol–water partition coefficient (Wildman–Crippen LogP) is 3.21. The second kappa shape index (κ2) is 4.63. The number of hydrogen-bond acceptors (Lipinski definition) is 5. The molecule has 1 fully saturated rings. The molecule has 0 aromatic carbocycles. The van der Waals surface area contributed by atoms with Crippen molar-refractivity contribution in [1.82, 2.24) is 9.97 Å². The molecule has 17 heavy (non-hydrogen) atoms. The number of thioether (sulfide) groups is 1. The molecule has 1 saturated heterocycles. The molecule has 0 amide bonds. The van der Waals surface area contributed by atoms with Crippen molar-refractivity contribution in [1.29, 1.82) is 0 Å². The monoisotopic (exact) mass is 285 g/mol. The fourth-order valence-corrected chi connectivity index (χ4v) is 4.04. The molecule has 0 aliphatic carbocycles. The topological polar surface area (TPSA) is 29.0 Å². The van der Waals surface area contributed by atoms with E-state index in [2.05, 4.69) is 27.9 Å². The van der Waals surface area contributed by atoms with Gasteiger partial charge in [0.25, 0.3) is 0 Å². The van der Waals surface area contributed by atoms with Gasteiger partial charge in [-0.15, -0.1) is 11.3 Å². The Balaban J connectivity index is 2.12. The molecule has 0 saturated carbocycles. The zero-order valence-electron chi connectivity index (χ0n) is 9.44. The Bertz CT molecular complexity index is 549. The van der Waals surface area contributed by atoms with E-state index in [1.54, 1.807) is 11.3 Å². The highest BCUT2D eigenvalue weighted by atomic mass is 35.5. The average molecular weight is 286 g/mol. The van der Waals surface area contributed by atoms with Crippen molar-refractivity contribution in [3.63, 3.8) is 0 Å². The number of nitrogens with zero attached hydrogens (tertiary/aromatic N) is 3. The van der Waals surface area contributed by atoms with E-state index >= 15 is 0 Å². The quantitative estimate of drug-likeness (QED) is 0.753. The van der Waals surface area contributed by atoms with Crippen LogP contribution in [0.4, 0.5) is 5.82 Å². The molecule has 1 aliphatic rings. The normalized spacial score (nSPS) is 16.7. The fourth-order valence-electron chi connectivity index (χ4n) is 2.00. The molecule has 2 aromatic rings. The molecule has 0 bridgehead atoms. The zero-order valence-corrected chi connectivity index (χ0v) is 11.8. The summed E-state index contributed by atoms with van der Waals surface area (Å²) >= 11 is 9.75. The third-order valence-electron chi connectivity index (χ3n) is 2.76. The summed E-state index contributed by atoms with van der Waals surface area (Å²) in [5.41, 5.74) is 0.973. The number of aryl methyl sites for hydroxylation is 1. The molecule has 0 atom stereocenters. The van der Waals surface area contributed by atoms with E-state index in [1.165, 1.54) is 9.58 Å². The van der Waals surface area contributed by atoms with E-state index in [0.717, 1.165) is 35.9 Å². The molecule has 0 unspecified atom stereocenters. The van der Waals surface area contributed by atoms with Gasteiger partial charge in [-0.3, -0.25) is 0 Å². The van der Waals surface area contributed by atoms with Gasteiger partial charge in [0.2, 0.25) is 5.28 Å². The first kappa shape index (κ1) is 11.6. The summed E-state index contributed by atoms with van der Waals surface area (Å²) in [6.07, 6.45) is 0. The van der Waals surface area contributed by atoms with E-state index in [-0.39, 0.29) is 0 Å². The van der Waals surface area contributed by atoms with Crippen molar-refractivity contribution in [3.8, 4) is 0 Å². The third-order valence-corrected chi connectivity index (χ3v) is 4.91. The van der Waals surface area contributed by atoms with E-state index < -0.39 is 0 Å². The fraction of sp³-hybridized carbons (Fsp3) is 0.455. The van der Waals surface area contributed by atoms with Crippen LogP contribution in [0, 0.1) is 6.92 Å². The molecule has 6 heteroatoms. The number of aromatic nitrogens is 2. The van der Waals surface area contributed by atoms with Crippen LogP contribution in [0.1, 0.15) is 4.88 Å². The van der Waals surface area contributed by atoms with Crippen molar-refractivity contribution in [2.45, 2.75) is 6.92 Å². The first-order chi connectivity index (χ1) is 8.24. The van der Waals surface area contributed by atoms with Gasteiger partial charge in [-0.2, -0.15) is 16.7 Å². The highest BCUT2D eigenvalue weighted by molar-refractivity contribution is 7.99. The number of hydrogen-bond donors (Lipinski definition) is 0. The summed E-state index contributed by atoms with van der Waals surface area (Å²) in [6, 6.07) is 2.08. The van der Waals surface area contributed by atoms with Gasteiger partial charge in [0, 0.05) is 29.5 Å². The number of anilines is 1. The Kier molecular flexibility index (Phi) is 3.15. The lowest BCUT2D eigenvalue weighted by molar-refractivity contribution is 0.843. The average Bonchev–Trinajstić information content (AvgIpc) is 2.69. The number of fused-ring (bicyclic) bond motifs is 1. The molecule has 0 radical (unpaired) electrons. The Morgan fingerprint density at radius 1 is 1.29 bits per heavy atom. The van der Waals surface area contributed by atoms with Gasteiger partial charge >= 0.3 is 0 Å². The Labute approximate surface area is 113 Å². The number of thiophene rings is 1. The minimum absolute atomic E-state index is 0.350. The highest BCUT2D eigenvalue weighted by Gasteiger charge is 2.18. The Morgan fingerprint density at radius 3 is 2.82 bits per heavy atom. The predicted molar refractivity (Wildman–Crippen MR) is 76.7 cm³/mol. The second-order valence-corrected chi connectivity index (χ2v) is 6.81. The Morgan fingerprint density at radius 2 is 2.06 bits per heavy atom. The largest absolute Gasteiger partial charge is 0.354 e. The SMILES string of the molecule is Cc1cc2nc(Cl)nc(N3CCSCC3)c2s1. The van der Waals surface area contributed by atoms with Crippen LogP contribution < -0.4 is 4.90 Å². The summed E-state index contributed by atoms with van der Waals surface area (Å²) < 4.78 is 1.17. The minimum atomic E-state index is 0.350. The van der Waals surface area contributed by atoms with Crippen LogP contribution in [0.15, 0.2) is 6.07 Å². The molecular formula is C11H12ClN3S2. The van der Waals surface area contributed by atoms with Gasteiger partial charge in [-0.1, -0.05) is 0 Å². The smallest absolute Gasteiger partial charge is 0.224 e. The van der Waals surface area contributed by atoms with E-state index in [9.17, 15) is 0 Å². The van der Waals surface area contributed by atoms with Crippen LogP contribution in [0.5, 0.6) is 0 Å². The molecule has 3 rings (SSSR count). The summed E-state index contributed by atoms with van der Waals surface area (Å²) in [5.74, 6) is 3.33. The first-order valence-corrected chi connectivity index (χ1v) is 7.85. The van der Waals surface area contributed by atoms with Gasteiger partial charge in [-0.25, -0.2) is 4.98 Å². The van der Waals surface area contributed by atoms with E-state index in [4.69, 9.17) is 11.6 Å². The molecule has 90 valence electrons. The summed E-state index contributed by atoms with van der Waals surface area (Å²) in [5, 5.41) is 0.350. The van der Waals surface area contributed by atoms with Crippen LogP contribution in [0.25, 0.3) is 10.2 Å². The maximum Gasteiger partial charge on any atom is 0.224 e. The van der Waals surface area contributed by atoms with E-state index in [0.29, 0.717) is 5.28 Å². The number of rotatable bonds is 1. The summed E-state index contributed by atoms with van der Waals surface area (Å²) in [7, 11) is 0. The van der Waals surface area contributed by atoms with Crippen LogP contribution in [-0.2, 0) is 0 Å². The van der Waals surface area contributed by atoms with Crippen molar-refractivity contribution < 1.29 is 0 Å². The Hall–Kier alpha value is -0.520. The highest BCUT2D eigenvalue weighted by Crippen LogP contribution is 2.33. The molecule has 3 heterocycles. The van der Waals surface area contributed by atoms with Crippen molar-refractivity contribution in [2.24, 2.45) is 0 Å². The summed E-state index contributed by atoms with van der Waals surface area (Å²) in [6.45, 7) is 4.18. The molecule has 0 N–H and O–H groups in total. The first-order valence-electron chi connectivity index (χ1n) is 5.50. The molecule has 3 nitrogen and oxygen atoms in total. The maximum absolute atomic E-state index is 6.00. The van der Waals surface area contributed by atoms with Crippen LogP contribution in [0.3, 0.4) is 0 Å². The van der Waals surface area contributed by atoms with Crippen LogP contribution >= 0.6 is 34.7 Å². The molecule has 1 aliphatic heterocycles. The number of halogens is 1.